The summed E-state index contributed by atoms with van der Waals surface area (Å²) in [6.07, 6.45) is 9.61. The molecule has 0 amide bonds. The van der Waals surface area contributed by atoms with Crippen molar-refractivity contribution in [2.75, 3.05) is 6.54 Å². The van der Waals surface area contributed by atoms with Crippen LogP contribution < -0.4 is 5.73 Å². The van der Waals surface area contributed by atoms with E-state index in [2.05, 4.69) is 24.0 Å². The SMILES string of the molecule is CC(C)C1CCC(c2noc(CC3(CN)CCC3)n2)CC1. The fraction of sp³-hybridized carbons (Fsp3) is 0.882. The van der Waals surface area contributed by atoms with Crippen molar-refractivity contribution in [3.63, 3.8) is 0 Å². The first-order valence-corrected chi connectivity index (χ1v) is 8.64. The molecule has 118 valence electrons. The minimum absolute atomic E-state index is 0.249. The Hall–Kier alpha value is -0.900. The lowest BCUT2D eigenvalue weighted by molar-refractivity contribution is 0.129. The first kappa shape index (κ1) is 15.0. The number of nitrogens with zero attached hydrogens (tertiary/aromatic N) is 2. The van der Waals surface area contributed by atoms with Gasteiger partial charge in [0.1, 0.15) is 0 Å². The summed E-state index contributed by atoms with van der Waals surface area (Å²) >= 11 is 0. The van der Waals surface area contributed by atoms with Crippen LogP contribution >= 0.6 is 0 Å². The van der Waals surface area contributed by atoms with Gasteiger partial charge in [-0.1, -0.05) is 25.4 Å². The number of rotatable bonds is 5. The number of nitrogens with two attached hydrogens (primary N) is 1. The predicted octanol–water partition coefficient (Wildman–Crippen LogP) is 3.67. The second-order valence-electron chi connectivity index (χ2n) is 7.64. The van der Waals surface area contributed by atoms with Crippen LogP contribution in [0.1, 0.15) is 76.4 Å². The maximum atomic E-state index is 5.92. The molecule has 4 heteroatoms. The van der Waals surface area contributed by atoms with Crippen molar-refractivity contribution in [1.82, 2.24) is 10.1 Å². The smallest absolute Gasteiger partial charge is 0.227 e. The van der Waals surface area contributed by atoms with Crippen LogP contribution in [0.15, 0.2) is 4.52 Å². The van der Waals surface area contributed by atoms with Crippen molar-refractivity contribution in [2.24, 2.45) is 23.0 Å². The third-order valence-corrected chi connectivity index (χ3v) is 5.94. The van der Waals surface area contributed by atoms with Crippen molar-refractivity contribution in [3.05, 3.63) is 11.7 Å². The first-order chi connectivity index (χ1) is 10.1. The average Bonchev–Trinajstić information content (AvgIpc) is 2.91. The molecule has 0 bridgehead atoms. The van der Waals surface area contributed by atoms with E-state index < -0.39 is 0 Å². The molecule has 0 saturated heterocycles. The second-order valence-corrected chi connectivity index (χ2v) is 7.64. The zero-order valence-electron chi connectivity index (χ0n) is 13.5. The molecule has 2 aliphatic rings. The summed E-state index contributed by atoms with van der Waals surface area (Å²) in [6.45, 7) is 5.41. The molecule has 2 aliphatic carbocycles. The molecule has 4 nitrogen and oxygen atoms in total. The van der Waals surface area contributed by atoms with E-state index in [1.54, 1.807) is 0 Å². The lowest BCUT2D eigenvalue weighted by atomic mass is 9.67. The third-order valence-electron chi connectivity index (χ3n) is 5.94. The topological polar surface area (TPSA) is 64.9 Å². The Bertz CT molecular complexity index is 451. The van der Waals surface area contributed by atoms with E-state index in [0.29, 0.717) is 5.92 Å². The Morgan fingerprint density at radius 1 is 1.24 bits per heavy atom. The van der Waals surface area contributed by atoms with Crippen molar-refractivity contribution in [1.29, 1.82) is 0 Å². The molecular formula is C17H29N3O. The Morgan fingerprint density at radius 2 is 1.95 bits per heavy atom. The van der Waals surface area contributed by atoms with Crippen molar-refractivity contribution < 1.29 is 4.52 Å². The van der Waals surface area contributed by atoms with E-state index >= 15 is 0 Å². The van der Waals surface area contributed by atoms with Crippen LogP contribution in [0.3, 0.4) is 0 Å². The van der Waals surface area contributed by atoms with E-state index in [4.69, 9.17) is 10.3 Å². The standard InChI is InChI=1S/C17H29N3O/c1-12(2)13-4-6-14(7-5-13)16-19-15(21-20-16)10-17(11-18)8-3-9-17/h12-14H,3-11,18H2,1-2H3. The second kappa shape index (κ2) is 6.07. The van der Waals surface area contributed by atoms with Crippen LogP contribution in [0.5, 0.6) is 0 Å². The van der Waals surface area contributed by atoms with Gasteiger partial charge in [0.2, 0.25) is 5.89 Å². The van der Waals surface area contributed by atoms with Crippen molar-refractivity contribution in [2.45, 2.75) is 71.1 Å². The molecule has 1 aromatic heterocycles. The van der Waals surface area contributed by atoms with Crippen LogP contribution in [0.4, 0.5) is 0 Å². The summed E-state index contributed by atoms with van der Waals surface area (Å²) in [4.78, 5) is 4.69. The van der Waals surface area contributed by atoms with E-state index in [-0.39, 0.29) is 5.41 Å². The highest BCUT2D eigenvalue weighted by atomic mass is 16.5. The van der Waals surface area contributed by atoms with Crippen molar-refractivity contribution in [3.8, 4) is 0 Å². The lowest BCUT2D eigenvalue weighted by Crippen LogP contribution is -2.39. The highest BCUT2D eigenvalue weighted by molar-refractivity contribution is 5.02. The van der Waals surface area contributed by atoms with Gasteiger partial charge >= 0.3 is 0 Å². The molecule has 2 saturated carbocycles. The van der Waals surface area contributed by atoms with Gasteiger partial charge in [-0.15, -0.1) is 0 Å². The van der Waals surface area contributed by atoms with Gasteiger partial charge < -0.3 is 10.3 Å². The Labute approximate surface area is 127 Å². The average molecular weight is 291 g/mol. The summed E-state index contributed by atoms with van der Waals surface area (Å²) in [5.74, 6) is 3.94. The van der Waals surface area contributed by atoms with Gasteiger partial charge in [-0.3, -0.25) is 0 Å². The lowest BCUT2D eigenvalue weighted by Gasteiger charge is -2.39. The zero-order chi connectivity index (χ0) is 14.9. The number of hydrogen-bond donors (Lipinski definition) is 1. The highest BCUT2D eigenvalue weighted by Gasteiger charge is 2.37. The molecule has 0 atom stereocenters. The summed E-state index contributed by atoms with van der Waals surface area (Å²) < 4.78 is 5.51. The van der Waals surface area contributed by atoms with Crippen LogP contribution in [0, 0.1) is 17.3 Å². The molecule has 2 N–H and O–H groups in total. The van der Waals surface area contributed by atoms with Crippen molar-refractivity contribution >= 4 is 0 Å². The van der Waals surface area contributed by atoms with Gasteiger partial charge in [-0.05, 0) is 62.3 Å². The largest absolute Gasteiger partial charge is 0.339 e. The van der Waals surface area contributed by atoms with Gasteiger partial charge in [-0.25, -0.2) is 0 Å². The Morgan fingerprint density at radius 3 is 2.48 bits per heavy atom. The maximum absolute atomic E-state index is 5.92. The van der Waals surface area contributed by atoms with Crippen LogP contribution in [-0.2, 0) is 6.42 Å². The normalized spacial score (nSPS) is 28.6. The fourth-order valence-electron chi connectivity index (χ4n) is 4.00. The number of aromatic nitrogens is 2. The molecule has 1 aromatic rings. The minimum Gasteiger partial charge on any atom is -0.339 e. The van der Waals surface area contributed by atoms with Crippen LogP contribution in [-0.4, -0.2) is 16.7 Å². The molecule has 0 aromatic carbocycles. The van der Waals surface area contributed by atoms with E-state index in [0.717, 1.165) is 36.5 Å². The quantitative estimate of drug-likeness (QED) is 0.899. The summed E-state index contributed by atoms with van der Waals surface area (Å²) in [5.41, 5.74) is 6.17. The van der Waals surface area contributed by atoms with Gasteiger partial charge in [0, 0.05) is 12.3 Å². The molecule has 21 heavy (non-hydrogen) atoms. The van der Waals surface area contributed by atoms with Gasteiger partial charge in [0.15, 0.2) is 5.82 Å². The van der Waals surface area contributed by atoms with Gasteiger partial charge in [0.25, 0.3) is 0 Å². The predicted molar refractivity (Wildman–Crippen MR) is 82.9 cm³/mol. The molecule has 0 spiro atoms. The summed E-state index contributed by atoms with van der Waals surface area (Å²) in [6, 6.07) is 0. The monoisotopic (exact) mass is 291 g/mol. The zero-order valence-corrected chi connectivity index (χ0v) is 13.5. The molecular weight excluding hydrogens is 262 g/mol. The van der Waals surface area contributed by atoms with Crippen LogP contribution in [0.2, 0.25) is 0 Å². The Kier molecular flexibility index (Phi) is 4.34. The minimum atomic E-state index is 0.249. The van der Waals surface area contributed by atoms with E-state index in [1.807, 2.05) is 0 Å². The molecule has 0 aliphatic heterocycles. The summed E-state index contributed by atoms with van der Waals surface area (Å²) in [7, 11) is 0. The summed E-state index contributed by atoms with van der Waals surface area (Å²) in [5, 5.41) is 4.26. The molecule has 0 radical (unpaired) electrons. The van der Waals surface area contributed by atoms with Crippen LogP contribution in [0.25, 0.3) is 0 Å². The number of hydrogen-bond acceptors (Lipinski definition) is 4. The third kappa shape index (κ3) is 3.15. The molecule has 0 unspecified atom stereocenters. The fourth-order valence-corrected chi connectivity index (χ4v) is 4.00. The Balaban J connectivity index is 1.58. The highest BCUT2D eigenvalue weighted by Crippen LogP contribution is 2.43. The van der Waals surface area contributed by atoms with E-state index in [9.17, 15) is 0 Å². The molecule has 1 heterocycles. The maximum Gasteiger partial charge on any atom is 0.227 e. The molecule has 3 rings (SSSR count). The van der Waals surface area contributed by atoms with E-state index in [1.165, 1.54) is 44.9 Å². The van der Waals surface area contributed by atoms with Gasteiger partial charge in [-0.2, -0.15) is 4.98 Å². The van der Waals surface area contributed by atoms with Gasteiger partial charge in [0.05, 0.1) is 0 Å². The first-order valence-electron chi connectivity index (χ1n) is 8.64. The molecule has 2 fully saturated rings.